The van der Waals surface area contributed by atoms with Crippen LogP contribution in [0, 0.1) is 18.3 Å². The van der Waals surface area contributed by atoms with Gasteiger partial charge in [0.2, 0.25) is 0 Å². The van der Waals surface area contributed by atoms with Gasteiger partial charge < -0.3 is 28.7 Å². The van der Waals surface area contributed by atoms with Gasteiger partial charge in [0.25, 0.3) is 5.56 Å². The van der Waals surface area contributed by atoms with Crippen LogP contribution < -0.4 is 20.9 Å². The maximum atomic E-state index is 12.9. The molecular formula is C26H36N3O9PS. The van der Waals surface area contributed by atoms with E-state index >= 15 is 0 Å². The molecule has 0 aliphatic carbocycles. The number of esters is 1. The van der Waals surface area contributed by atoms with E-state index in [9.17, 15) is 24.6 Å². The smallest absolute Gasteiger partial charge is 0.330 e. The van der Waals surface area contributed by atoms with Gasteiger partial charge in [0.05, 0.1) is 19.3 Å². The zero-order chi connectivity index (χ0) is 29.9. The molecule has 0 aliphatic heterocycles. The molecule has 1 aromatic carbocycles. The van der Waals surface area contributed by atoms with Crippen LogP contribution in [0.1, 0.15) is 40.3 Å². The highest BCUT2D eigenvalue weighted by atomic mass is 32.5. The summed E-state index contributed by atoms with van der Waals surface area (Å²) < 4.78 is 24.1. The van der Waals surface area contributed by atoms with Crippen LogP contribution in [0.15, 0.2) is 52.2 Å². The van der Waals surface area contributed by atoms with Gasteiger partial charge in [0.15, 0.2) is 6.23 Å². The van der Waals surface area contributed by atoms with Gasteiger partial charge in [-0.1, -0.05) is 38.0 Å². The Morgan fingerprint density at radius 2 is 1.88 bits per heavy atom. The molecule has 220 valence electrons. The van der Waals surface area contributed by atoms with Crippen molar-refractivity contribution in [3.05, 3.63) is 63.4 Å². The maximum absolute atomic E-state index is 12.9. The van der Waals surface area contributed by atoms with Crippen LogP contribution in [-0.4, -0.2) is 63.3 Å². The SMILES string of the molecule is C#C[C@H](O)C(COP(=S)(N[C@@H](CC(C)C)C(=O)OC(C)C)Oc1ccccc1)O[C@H](CO)n1ccc(=O)[nH]c1=O. The molecular weight excluding hydrogens is 561 g/mol. The second-order valence-corrected chi connectivity index (χ2v) is 12.6. The van der Waals surface area contributed by atoms with Crippen molar-refractivity contribution in [2.24, 2.45) is 5.92 Å². The van der Waals surface area contributed by atoms with Crippen molar-refractivity contribution >= 4 is 24.4 Å². The molecule has 2 unspecified atom stereocenters. The number of carbonyl (C=O) groups is 1. The summed E-state index contributed by atoms with van der Waals surface area (Å²) >= 11 is 5.77. The molecule has 0 spiro atoms. The first-order valence-electron chi connectivity index (χ1n) is 12.6. The zero-order valence-electron chi connectivity index (χ0n) is 22.8. The average molecular weight is 598 g/mol. The third-order valence-corrected chi connectivity index (χ3v) is 7.63. The highest BCUT2D eigenvalue weighted by molar-refractivity contribution is 8.09. The monoisotopic (exact) mass is 597 g/mol. The number of aliphatic hydroxyl groups excluding tert-OH is 2. The number of para-hydroxylation sites is 1. The number of nitrogens with zero attached hydrogens (tertiary/aromatic N) is 1. The summed E-state index contributed by atoms with van der Waals surface area (Å²) in [5.74, 6) is 2.04. The predicted molar refractivity (Wildman–Crippen MR) is 152 cm³/mol. The fourth-order valence-corrected chi connectivity index (χ4v) is 5.76. The van der Waals surface area contributed by atoms with Crippen molar-refractivity contribution in [1.82, 2.24) is 14.6 Å². The number of benzene rings is 1. The molecule has 14 heteroatoms. The molecule has 2 rings (SSSR count). The van der Waals surface area contributed by atoms with E-state index in [2.05, 4.69) is 16.0 Å². The summed E-state index contributed by atoms with van der Waals surface area (Å²) in [6.07, 6.45) is 2.35. The van der Waals surface area contributed by atoms with E-state index in [-0.39, 0.29) is 12.0 Å². The lowest BCUT2D eigenvalue weighted by Gasteiger charge is -2.31. The number of aromatic nitrogens is 2. The van der Waals surface area contributed by atoms with E-state index < -0.39 is 61.6 Å². The van der Waals surface area contributed by atoms with Crippen molar-refractivity contribution in [3.63, 3.8) is 0 Å². The Labute approximate surface area is 237 Å². The summed E-state index contributed by atoms with van der Waals surface area (Å²) in [7, 11) is 0. The number of terminal acetylenes is 1. The molecule has 2 aromatic rings. The first-order valence-corrected chi connectivity index (χ1v) is 15.2. The van der Waals surface area contributed by atoms with E-state index in [4.69, 9.17) is 36.8 Å². The Hall–Kier alpha value is -2.82. The third-order valence-electron chi connectivity index (χ3n) is 5.21. The highest BCUT2D eigenvalue weighted by Crippen LogP contribution is 2.46. The number of rotatable bonds is 16. The molecule has 0 aliphatic rings. The Morgan fingerprint density at radius 3 is 2.42 bits per heavy atom. The predicted octanol–water partition coefficient (Wildman–Crippen LogP) is 1.68. The van der Waals surface area contributed by atoms with E-state index in [1.54, 1.807) is 44.2 Å². The van der Waals surface area contributed by atoms with Crippen LogP contribution in [0.5, 0.6) is 5.75 Å². The second kappa shape index (κ2) is 15.8. The van der Waals surface area contributed by atoms with Crippen molar-refractivity contribution in [3.8, 4) is 18.1 Å². The Kier molecular flexibility index (Phi) is 13.2. The lowest BCUT2D eigenvalue weighted by atomic mass is 10.0. The molecule has 0 saturated carbocycles. The summed E-state index contributed by atoms with van der Waals surface area (Å²) in [5, 5.41) is 23.4. The zero-order valence-corrected chi connectivity index (χ0v) is 24.5. The summed E-state index contributed by atoms with van der Waals surface area (Å²) in [5.41, 5.74) is -1.49. The van der Waals surface area contributed by atoms with E-state index in [1.165, 1.54) is 0 Å². The first kappa shape index (κ1) is 33.4. The number of hydrogen-bond donors (Lipinski definition) is 4. The van der Waals surface area contributed by atoms with E-state index in [1.807, 2.05) is 13.8 Å². The van der Waals surface area contributed by atoms with E-state index in [0.717, 1.165) is 16.8 Å². The van der Waals surface area contributed by atoms with Gasteiger partial charge in [-0.15, -0.1) is 6.42 Å². The Bertz CT molecular complexity index is 1290. The van der Waals surface area contributed by atoms with Gasteiger partial charge in [-0.25, -0.2) is 9.88 Å². The molecule has 5 atom stereocenters. The fraction of sp³-hybridized carbons (Fsp3) is 0.500. The largest absolute Gasteiger partial charge is 0.462 e. The summed E-state index contributed by atoms with van der Waals surface area (Å²) in [4.78, 5) is 38.6. The summed E-state index contributed by atoms with van der Waals surface area (Å²) in [6.45, 7) is 2.61. The van der Waals surface area contributed by atoms with Crippen molar-refractivity contribution in [1.29, 1.82) is 0 Å². The van der Waals surface area contributed by atoms with Crippen LogP contribution >= 0.6 is 6.64 Å². The standard InChI is InChI=1S/C26H36N3O9PS/c1-6-21(31)22(37-24(15-30)29-13-12-23(32)27-26(29)34)16-35-39(40,38-19-10-8-7-9-11-19)28-20(14-17(2)3)25(33)36-18(4)5/h1,7-13,17-18,20-22,24,30-31H,14-16H2,2-5H3,(H,28,40)(H,27,32,34)/t20-,21-,22?,24+,39?/m0/s1. The van der Waals surface area contributed by atoms with Crippen LogP contribution in [0.4, 0.5) is 0 Å². The molecule has 0 bridgehead atoms. The Balaban J connectivity index is 2.36. The van der Waals surface area contributed by atoms with Crippen LogP contribution in [0.25, 0.3) is 0 Å². The first-order chi connectivity index (χ1) is 18.9. The second-order valence-electron chi connectivity index (χ2n) is 9.44. The molecule has 0 saturated heterocycles. The van der Waals surface area contributed by atoms with Crippen molar-refractivity contribution < 1.29 is 33.5 Å². The maximum Gasteiger partial charge on any atom is 0.330 e. The van der Waals surface area contributed by atoms with Gasteiger partial charge in [-0.05, 0) is 50.1 Å². The molecule has 1 heterocycles. The topological polar surface area (TPSA) is 161 Å². The van der Waals surface area contributed by atoms with Gasteiger partial charge in [0.1, 0.15) is 24.0 Å². The lowest BCUT2D eigenvalue weighted by molar-refractivity contribution is -0.150. The molecule has 12 nitrogen and oxygen atoms in total. The highest BCUT2D eigenvalue weighted by Gasteiger charge is 2.34. The van der Waals surface area contributed by atoms with Crippen LogP contribution in [-0.2, 0) is 30.6 Å². The fourth-order valence-electron chi connectivity index (χ4n) is 3.42. The molecule has 1 aromatic heterocycles. The molecule has 0 amide bonds. The lowest BCUT2D eigenvalue weighted by Crippen LogP contribution is -2.42. The molecule has 40 heavy (non-hydrogen) atoms. The quantitative estimate of drug-likeness (QED) is 0.127. The minimum absolute atomic E-state index is 0.0812. The molecule has 4 N–H and O–H groups in total. The minimum atomic E-state index is -3.55. The average Bonchev–Trinajstić information content (AvgIpc) is 2.88. The van der Waals surface area contributed by atoms with Gasteiger partial charge >= 0.3 is 18.3 Å². The normalized spacial score (nSPS) is 16.0. The number of carbonyl (C=O) groups excluding carboxylic acids is 1. The number of H-pyrrole nitrogens is 1. The number of ether oxygens (including phenoxy) is 2. The molecule has 0 fully saturated rings. The van der Waals surface area contributed by atoms with Gasteiger partial charge in [-0.3, -0.25) is 19.1 Å². The van der Waals surface area contributed by atoms with Crippen LogP contribution in [0.2, 0.25) is 0 Å². The van der Waals surface area contributed by atoms with Crippen LogP contribution in [0.3, 0.4) is 0 Å². The Morgan fingerprint density at radius 1 is 1.20 bits per heavy atom. The number of aliphatic hydroxyl groups is 2. The number of aromatic amines is 1. The van der Waals surface area contributed by atoms with Gasteiger partial charge in [0, 0.05) is 12.3 Å². The number of hydrogen-bond acceptors (Lipinski definition) is 10. The van der Waals surface area contributed by atoms with Gasteiger partial charge in [-0.2, -0.15) is 0 Å². The van der Waals surface area contributed by atoms with Crippen molar-refractivity contribution in [2.75, 3.05) is 13.2 Å². The van der Waals surface area contributed by atoms with Crippen molar-refractivity contribution in [2.45, 2.75) is 64.7 Å². The third kappa shape index (κ3) is 10.6. The number of nitrogens with one attached hydrogen (secondary N) is 2. The molecule has 0 radical (unpaired) electrons. The summed E-state index contributed by atoms with van der Waals surface area (Å²) in [6, 6.07) is 8.76. The minimum Gasteiger partial charge on any atom is -0.462 e. The van der Waals surface area contributed by atoms with E-state index in [0.29, 0.717) is 12.2 Å².